The Bertz CT molecular complexity index is 593. The Balaban J connectivity index is 2.39. The molecule has 0 bridgehead atoms. The monoisotopic (exact) mass is 333 g/mol. The third kappa shape index (κ3) is 4.02. The normalized spacial score (nSPS) is 18.6. The Labute approximate surface area is 129 Å². The largest absolute Gasteiger partial charge is 0.392 e. The van der Waals surface area contributed by atoms with Crippen LogP contribution in [0.15, 0.2) is 23.1 Å². The number of benzene rings is 1. The summed E-state index contributed by atoms with van der Waals surface area (Å²) < 4.78 is 53.4. The molecule has 22 heavy (non-hydrogen) atoms. The maximum Gasteiger partial charge on any atom is 0.243 e. The van der Waals surface area contributed by atoms with Gasteiger partial charge in [0.15, 0.2) is 0 Å². The van der Waals surface area contributed by atoms with Gasteiger partial charge in [0, 0.05) is 18.7 Å². The minimum atomic E-state index is -4.05. The van der Waals surface area contributed by atoms with Crippen molar-refractivity contribution in [2.45, 2.75) is 56.1 Å². The highest BCUT2D eigenvalue weighted by Crippen LogP contribution is 2.28. The van der Waals surface area contributed by atoms with E-state index in [2.05, 4.69) is 0 Å². The molecule has 1 unspecified atom stereocenters. The van der Waals surface area contributed by atoms with Crippen molar-refractivity contribution in [2.24, 2.45) is 0 Å². The molecule has 1 aromatic rings. The van der Waals surface area contributed by atoms with Crippen molar-refractivity contribution in [1.29, 1.82) is 0 Å². The zero-order valence-corrected chi connectivity index (χ0v) is 13.3. The third-order valence-corrected chi connectivity index (χ3v) is 5.76. The Morgan fingerprint density at radius 1 is 1.18 bits per heavy atom. The topological polar surface area (TPSA) is 57.6 Å². The van der Waals surface area contributed by atoms with E-state index in [1.165, 1.54) is 11.2 Å². The van der Waals surface area contributed by atoms with Crippen LogP contribution in [0.4, 0.5) is 8.78 Å². The van der Waals surface area contributed by atoms with Gasteiger partial charge in [-0.25, -0.2) is 17.2 Å². The lowest BCUT2D eigenvalue weighted by Gasteiger charge is -2.34. The lowest BCUT2D eigenvalue weighted by atomic mass is 9.95. The zero-order valence-electron chi connectivity index (χ0n) is 12.5. The average molecular weight is 333 g/mol. The maximum absolute atomic E-state index is 13.4. The molecule has 0 aromatic heterocycles. The molecule has 0 spiro atoms. The first kappa shape index (κ1) is 17.3. The van der Waals surface area contributed by atoms with E-state index in [0.29, 0.717) is 18.9 Å². The molecular weight excluding hydrogens is 312 g/mol. The number of nitrogens with zero attached hydrogens (tertiary/aromatic N) is 1. The van der Waals surface area contributed by atoms with E-state index in [4.69, 9.17) is 0 Å². The first-order valence-corrected chi connectivity index (χ1v) is 8.90. The lowest BCUT2D eigenvalue weighted by Crippen LogP contribution is -2.44. The summed E-state index contributed by atoms with van der Waals surface area (Å²) in [4.78, 5) is -0.406. The van der Waals surface area contributed by atoms with Gasteiger partial charge in [-0.05, 0) is 31.9 Å². The molecule has 0 heterocycles. The fourth-order valence-electron chi connectivity index (χ4n) is 2.89. The van der Waals surface area contributed by atoms with Gasteiger partial charge in [-0.2, -0.15) is 4.31 Å². The molecule has 0 radical (unpaired) electrons. The number of aliphatic hydroxyl groups is 1. The van der Waals surface area contributed by atoms with Crippen molar-refractivity contribution in [3.63, 3.8) is 0 Å². The van der Waals surface area contributed by atoms with Crippen LogP contribution in [-0.4, -0.2) is 36.5 Å². The van der Waals surface area contributed by atoms with Crippen molar-refractivity contribution in [1.82, 2.24) is 4.31 Å². The van der Waals surface area contributed by atoms with Crippen LogP contribution < -0.4 is 0 Å². The molecule has 1 atom stereocenters. The SMILES string of the molecule is CC(O)CN(C1CCCCC1)S(=O)(=O)c1cc(F)cc(F)c1. The molecule has 1 fully saturated rings. The van der Waals surface area contributed by atoms with Gasteiger partial charge in [-0.1, -0.05) is 19.3 Å². The van der Waals surface area contributed by atoms with E-state index in [-0.39, 0.29) is 12.6 Å². The predicted octanol–water partition coefficient (Wildman–Crippen LogP) is 2.67. The van der Waals surface area contributed by atoms with E-state index < -0.39 is 32.7 Å². The fraction of sp³-hybridized carbons (Fsp3) is 0.600. The maximum atomic E-state index is 13.4. The number of rotatable bonds is 5. The van der Waals surface area contributed by atoms with E-state index in [0.717, 1.165) is 31.4 Å². The second kappa shape index (κ2) is 7.02. The number of hydrogen-bond acceptors (Lipinski definition) is 3. The van der Waals surface area contributed by atoms with Gasteiger partial charge in [0.05, 0.1) is 11.0 Å². The summed E-state index contributed by atoms with van der Waals surface area (Å²) in [6.07, 6.45) is 3.42. The molecule has 7 heteroatoms. The van der Waals surface area contributed by atoms with Gasteiger partial charge in [-0.15, -0.1) is 0 Å². The van der Waals surface area contributed by atoms with Crippen LogP contribution in [0.5, 0.6) is 0 Å². The summed E-state index contributed by atoms with van der Waals surface area (Å²) >= 11 is 0. The van der Waals surface area contributed by atoms with Gasteiger partial charge in [0.2, 0.25) is 10.0 Å². The van der Waals surface area contributed by atoms with Crippen LogP contribution in [0, 0.1) is 11.6 Å². The van der Waals surface area contributed by atoms with Crippen molar-refractivity contribution in [2.75, 3.05) is 6.54 Å². The van der Waals surface area contributed by atoms with Gasteiger partial charge in [-0.3, -0.25) is 0 Å². The molecule has 2 rings (SSSR count). The summed E-state index contributed by atoms with van der Waals surface area (Å²) in [5, 5.41) is 9.62. The van der Waals surface area contributed by atoms with E-state index in [1.807, 2.05) is 0 Å². The second-order valence-electron chi connectivity index (χ2n) is 5.82. The first-order valence-electron chi connectivity index (χ1n) is 7.46. The Hall–Kier alpha value is -1.05. The van der Waals surface area contributed by atoms with E-state index in [9.17, 15) is 22.3 Å². The molecule has 1 N–H and O–H groups in total. The summed E-state index contributed by atoms with van der Waals surface area (Å²) in [5.41, 5.74) is 0. The molecule has 1 aliphatic rings. The number of halogens is 2. The smallest absolute Gasteiger partial charge is 0.243 e. The fourth-order valence-corrected chi connectivity index (χ4v) is 4.69. The van der Waals surface area contributed by atoms with Crippen molar-refractivity contribution in [3.05, 3.63) is 29.8 Å². The van der Waals surface area contributed by atoms with Gasteiger partial charge < -0.3 is 5.11 Å². The Morgan fingerprint density at radius 3 is 2.23 bits per heavy atom. The summed E-state index contributed by atoms with van der Waals surface area (Å²) in [6.45, 7) is 1.42. The van der Waals surface area contributed by atoms with E-state index in [1.54, 1.807) is 0 Å². The average Bonchev–Trinajstić information content (AvgIpc) is 2.44. The highest BCUT2D eigenvalue weighted by atomic mass is 32.2. The molecule has 4 nitrogen and oxygen atoms in total. The van der Waals surface area contributed by atoms with Crippen LogP contribution in [0.1, 0.15) is 39.0 Å². The molecular formula is C15H21F2NO3S. The first-order chi connectivity index (χ1) is 10.3. The standard InChI is InChI=1S/C15H21F2NO3S/c1-11(19)10-18(14-5-3-2-4-6-14)22(20,21)15-8-12(16)7-13(17)9-15/h7-9,11,14,19H,2-6,10H2,1H3. The molecule has 0 amide bonds. The molecule has 1 saturated carbocycles. The predicted molar refractivity (Wildman–Crippen MR) is 78.8 cm³/mol. The number of sulfonamides is 1. The van der Waals surface area contributed by atoms with E-state index >= 15 is 0 Å². The van der Waals surface area contributed by atoms with Gasteiger partial charge in [0.25, 0.3) is 0 Å². The van der Waals surface area contributed by atoms with Crippen LogP contribution in [0.2, 0.25) is 0 Å². The van der Waals surface area contributed by atoms with Crippen molar-refractivity contribution in [3.8, 4) is 0 Å². The quantitative estimate of drug-likeness (QED) is 0.901. The summed E-state index contributed by atoms with van der Waals surface area (Å²) in [5.74, 6) is -1.86. The van der Waals surface area contributed by atoms with Crippen LogP contribution in [-0.2, 0) is 10.0 Å². The molecule has 1 aromatic carbocycles. The Morgan fingerprint density at radius 2 is 1.73 bits per heavy atom. The zero-order chi connectivity index (χ0) is 16.3. The number of hydrogen-bond donors (Lipinski definition) is 1. The van der Waals surface area contributed by atoms with Crippen molar-refractivity contribution < 1.29 is 22.3 Å². The van der Waals surface area contributed by atoms with Crippen LogP contribution in [0.25, 0.3) is 0 Å². The number of aliphatic hydroxyl groups excluding tert-OH is 1. The summed E-state index contributed by atoms with van der Waals surface area (Å²) in [7, 11) is -4.05. The second-order valence-corrected chi connectivity index (χ2v) is 7.71. The third-order valence-electron chi connectivity index (χ3n) is 3.87. The van der Waals surface area contributed by atoms with Gasteiger partial charge in [0.1, 0.15) is 11.6 Å². The van der Waals surface area contributed by atoms with Crippen LogP contribution >= 0.6 is 0 Å². The minimum Gasteiger partial charge on any atom is -0.392 e. The van der Waals surface area contributed by atoms with Crippen molar-refractivity contribution >= 4 is 10.0 Å². The van der Waals surface area contributed by atoms with Gasteiger partial charge >= 0.3 is 0 Å². The molecule has 0 saturated heterocycles. The van der Waals surface area contributed by atoms with Crippen LogP contribution in [0.3, 0.4) is 0 Å². The summed E-state index contributed by atoms with van der Waals surface area (Å²) in [6, 6.07) is 2.03. The molecule has 1 aliphatic carbocycles. The molecule has 0 aliphatic heterocycles. The molecule has 124 valence electrons. The highest BCUT2D eigenvalue weighted by Gasteiger charge is 2.33. The Kier molecular flexibility index (Phi) is 5.52. The minimum absolute atomic E-state index is 0.0782. The lowest BCUT2D eigenvalue weighted by molar-refractivity contribution is 0.136. The highest BCUT2D eigenvalue weighted by molar-refractivity contribution is 7.89.